The molecular weight excluding hydrogens is 296 g/mol. The summed E-state index contributed by atoms with van der Waals surface area (Å²) in [5.41, 5.74) is 1.54. The Bertz CT molecular complexity index is 750. The van der Waals surface area contributed by atoms with Gasteiger partial charge < -0.3 is 15.7 Å². The molecule has 1 aliphatic carbocycles. The number of hydrogen-bond acceptors (Lipinski definition) is 4. The van der Waals surface area contributed by atoms with Crippen molar-refractivity contribution >= 4 is 17.5 Å². The fourth-order valence-electron chi connectivity index (χ4n) is 2.19. The van der Waals surface area contributed by atoms with Crippen LogP contribution in [0.4, 0.5) is 5.69 Å². The number of aryl methyl sites for hydroxylation is 1. The van der Waals surface area contributed by atoms with E-state index in [2.05, 4.69) is 15.7 Å². The van der Waals surface area contributed by atoms with Crippen molar-refractivity contribution in [3.63, 3.8) is 0 Å². The molecule has 0 radical (unpaired) electrons. The molecule has 1 aliphatic rings. The third-order valence-corrected chi connectivity index (χ3v) is 3.54. The van der Waals surface area contributed by atoms with Crippen molar-refractivity contribution in [1.29, 1.82) is 0 Å². The minimum Gasteiger partial charge on any atom is -0.507 e. The fourth-order valence-corrected chi connectivity index (χ4v) is 2.19. The molecule has 1 saturated carbocycles. The van der Waals surface area contributed by atoms with Crippen LogP contribution in [0.1, 0.15) is 28.8 Å². The van der Waals surface area contributed by atoms with Crippen LogP contribution in [0.3, 0.4) is 0 Å². The molecule has 3 rings (SSSR count). The van der Waals surface area contributed by atoms with Crippen molar-refractivity contribution in [1.82, 2.24) is 15.1 Å². The van der Waals surface area contributed by atoms with Gasteiger partial charge >= 0.3 is 0 Å². The molecular formula is C16H18N4O3. The van der Waals surface area contributed by atoms with Gasteiger partial charge in [-0.1, -0.05) is 11.6 Å². The van der Waals surface area contributed by atoms with Crippen molar-refractivity contribution in [2.75, 3.05) is 5.32 Å². The Morgan fingerprint density at radius 1 is 1.39 bits per heavy atom. The zero-order valence-corrected chi connectivity index (χ0v) is 12.7. The molecule has 120 valence electrons. The van der Waals surface area contributed by atoms with Crippen molar-refractivity contribution in [2.45, 2.75) is 32.4 Å². The SMILES string of the molecule is Cc1ccc(O)c(C(=O)Nc2cnn(CC(=O)NC3CC3)c2)c1. The summed E-state index contributed by atoms with van der Waals surface area (Å²) < 4.78 is 1.46. The maximum absolute atomic E-state index is 12.2. The Hall–Kier alpha value is -2.83. The topological polar surface area (TPSA) is 96.2 Å². The van der Waals surface area contributed by atoms with Gasteiger partial charge in [-0.05, 0) is 31.9 Å². The Morgan fingerprint density at radius 3 is 2.91 bits per heavy atom. The molecule has 1 aromatic carbocycles. The van der Waals surface area contributed by atoms with Crippen LogP contribution in [0.5, 0.6) is 5.75 Å². The van der Waals surface area contributed by atoms with Crippen LogP contribution in [0.25, 0.3) is 0 Å². The Balaban J connectivity index is 1.62. The fraction of sp³-hybridized carbons (Fsp3) is 0.312. The number of phenolic OH excluding ortho intramolecular Hbond substituents is 1. The Kier molecular flexibility index (Phi) is 4.01. The maximum atomic E-state index is 12.2. The van der Waals surface area contributed by atoms with Crippen LogP contribution >= 0.6 is 0 Å². The van der Waals surface area contributed by atoms with Crippen molar-refractivity contribution in [3.8, 4) is 5.75 Å². The summed E-state index contributed by atoms with van der Waals surface area (Å²) in [4.78, 5) is 23.9. The van der Waals surface area contributed by atoms with E-state index in [-0.39, 0.29) is 23.8 Å². The van der Waals surface area contributed by atoms with Crippen molar-refractivity contribution < 1.29 is 14.7 Å². The van der Waals surface area contributed by atoms with Crippen molar-refractivity contribution in [3.05, 3.63) is 41.7 Å². The number of phenols is 1. The molecule has 0 unspecified atom stereocenters. The largest absolute Gasteiger partial charge is 0.507 e. The number of aromatic nitrogens is 2. The molecule has 1 heterocycles. The lowest BCUT2D eigenvalue weighted by molar-refractivity contribution is -0.122. The van der Waals surface area contributed by atoms with Crippen LogP contribution in [0.15, 0.2) is 30.6 Å². The average Bonchev–Trinajstić information content (AvgIpc) is 3.20. The van der Waals surface area contributed by atoms with E-state index in [1.165, 1.54) is 16.9 Å². The molecule has 7 nitrogen and oxygen atoms in total. The zero-order chi connectivity index (χ0) is 16.4. The molecule has 0 saturated heterocycles. The van der Waals surface area contributed by atoms with Gasteiger partial charge in [-0.15, -0.1) is 0 Å². The van der Waals surface area contributed by atoms with Gasteiger partial charge in [0.25, 0.3) is 5.91 Å². The minimum atomic E-state index is -0.423. The first kappa shape index (κ1) is 15.1. The highest BCUT2D eigenvalue weighted by Gasteiger charge is 2.23. The van der Waals surface area contributed by atoms with Crippen LogP contribution in [0, 0.1) is 6.92 Å². The molecule has 0 atom stereocenters. The van der Waals surface area contributed by atoms with Crippen molar-refractivity contribution in [2.24, 2.45) is 0 Å². The molecule has 0 spiro atoms. The van der Waals surface area contributed by atoms with Gasteiger partial charge in [0.05, 0.1) is 17.4 Å². The molecule has 1 fully saturated rings. The van der Waals surface area contributed by atoms with Gasteiger partial charge in [0.15, 0.2) is 0 Å². The zero-order valence-electron chi connectivity index (χ0n) is 12.7. The second-order valence-electron chi connectivity index (χ2n) is 5.74. The number of carbonyl (C=O) groups excluding carboxylic acids is 2. The van der Waals surface area contributed by atoms with Gasteiger partial charge in [0.1, 0.15) is 12.3 Å². The number of nitrogens with zero attached hydrogens (tertiary/aromatic N) is 2. The highest BCUT2D eigenvalue weighted by atomic mass is 16.3. The summed E-state index contributed by atoms with van der Waals surface area (Å²) in [7, 11) is 0. The lowest BCUT2D eigenvalue weighted by Crippen LogP contribution is -2.29. The molecule has 2 amide bonds. The predicted octanol–water partition coefficient (Wildman–Crippen LogP) is 1.43. The van der Waals surface area contributed by atoms with Crippen LogP contribution in [-0.4, -0.2) is 32.7 Å². The number of amides is 2. The summed E-state index contributed by atoms with van der Waals surface area (Å²) in [6.07, 6.45) is 5.12. The van der Waals surface area contributed by atoms with Crippen LogP contribution in [-0.2, 0) is 11.3 Å². The number of carbonyl (C=O) groups is 2. The molecule has 3 N–H and O–H groups in total. The molecule has 0 bridgehead atoms. The van der Waals surface area contributed by atoms with E-state index in [1.807, 2.05) is 6.92 Å². The van der Waals surface area contributed by atoms with Crippen LogP contribution < -0.4 is 10.6 Å². The van der Waals surface area contributed by atoms with E-state index in [1.54, 1.807) is 18.3 Å². The predicted molar refractivity (Wildman–Crippen MR) is 84.2 cm³/mol. The van der Waals surface area contributed by atoms with Gasteiger partial charge in [0.2, 0.25) is 5.91 Å². The second-order valence-corrected chi connectivity index (χ2v) is 5.74. The van der Waals surface area contributed by atoms with Gasteiger partial charge in [-0.2, -0.15) is 5.10 Å². The monoisotopic (exact) mass is 314 g/mol. The first-order valence-corrected chi connectivity index (χ1v) is 7.44. The maximum Gasteiger partial charge on any atom is 0.259 e. The number of benzene rings is 1. The summed E-state index contributed by atoms with van der Waals surface area (Å²) in [5.74, 6) is -0.595. The second kappa shape index (κ2) is 6.12. The number of rotatable bonds is 5. The minimum absolute atomic E-state index is 0.0793. The lowest BCUT2D eigenvalue weighted by atomic mass is 10.1. The Morgan fingerprint density at radius 2 is 2.17 bits per heavy atom. The number of aromatic hydroxyl groups is 1. The molecule has 7 heteroatoms. The summed E-state index contributed by atoms with van der Waals surface area (Å²) in [6.45, 7) is 1.95. The Labute approximate surface area is 133 Å². The smallest absolute Gasteiger partial charge is 0.259 e. The molecule has 23 heavy (non-hydrogen) atoms. The third kappa shape index (κ3) is 3.88. The number of hydrogen-bond donors (Lipinski definition) is 3. The van der Waals surface area contributed by atoms with E-state index in [9.17, 15) is 14.7 Å². The summed E-state index contributed by atoms with van der Waals surface area (Å²) >= 11 is 0. The van der Waals surface area contributed by atoms with Crippen LogP contribution in [0.2, 0.25) is 0 Å². The van der Waals surface area contributed by atoms with E-state index < -0.39 is 5.91 Å². The van der Waals surface area contributed by atoms with E-state index in [4.69, 9.17) is 0 Å². The standard InChI is InChI=1S/C16H18N4O3/c1-10-2-5-14(21)13(6-10)16(23)19-12-7-17-20(8-12)9-15(22)18-11-3-4-11/h2,5-8,11,21H,3-4,9H2,1H3,(H,18,22)(H,19,23). The molecule has 0 aliphatic heterocycles. The molecule has 2 aromatic rings. The quantitative estimate of drug-likeness (QED) is 0.778. The molecule has 1 aromatic heterocycles. The normalized spacial score (nSPS) is 13.6. The van der Waals surface area contributed by atoms with E-state index >= 15 is 0 Å². The summed E-state index contributed by atoms with van der Waals surface area (Å²) in [6, 6.07) is 5.12. The van der Waals surface area contributed by atoms with E-state index in [0.29, 0.717) is 11.7 Å². The highest BCUT2D eigenvalue weighted by molar-refractivity contribution is 6.06. The first-order valence-electron chi connectivity index (χ1n) is 7.44. The van der Waals surface area contributed by atoms with E-state index in [0.717, 1.165) is 18.4 Å². The highest BCUT2D eigenvalue weighted by Crippen LogP contribution is 2.20. The summed E-state index contributed by atoms with van der Waals surface area (Å²) in [5, 5.41) is 19.3. The number of nitrogens with one attached hydrogen (secondary N) is 2. The number of anilines is 1. The third-order valence-electron chi connectivity index (χ3n) is 3.54. The van der Waals surface area contributed by atoms with Gasteiger partial charge in [-0.25, -0.2) is 0 Å². The van der Waals surface area contributed by atoms with Gasteiger partial charge in [-0.3, -0.25) is 14.3 Å². The average molecular weight is 314 g/mol. The lowest BCUT2D eigenvalue weighted by Gasteiger charge is -2.06. The first-order chi connectivity index (χ1) is 11.0. The van der Waals surface area contributed by atoms with Gasteiger partial charge in [0, 0.05) is 12.2 Å².